The van der Waals surface area contributed by atoms with Crippen LogP contribution in [0.3, 0.4) is 0 Å². The molecule has 1 aliphatic rings. The van der Waals surface area contributed by atoms with Crippen LogP contribution in [0.5, 0.6) is 5.75 Å². The highest BCUT2D eigenvalue weighted by Crippen LogP contribution is 2.36. The van der Waals surface area contributed by atoms with Crippen LogP contribution in [-0.4, -0.2) is 40.3 Å². The van der Waals surface area contributed by atoms with E-state index in [9.17, 15) is 9.90 Å². The van der Waals surface area contributed by atoms with Crippen LogP contribution in [0.4, 0.5) is 16.2 Å². The standard InChI is InChI=1S/C14H18N2O3S2/c1-8(2)19-14(18)16-11-6-9(17)4-5-10(11)15-13(20)12(16)7-21-3/h4-6,8,12,17H,7H2,1-3H3,(H,15,20)/t12-/m0/s1. The third-order valence-corrected chi connectivity index (χ3v) is 3.99. The predicted molar refractivity (Wildman–Crippen MR) is 90.6 cm³/mol. The summed E-state index contributed by atoms with van der Waals surface area (Å²) in [6.07, 6.45) is 1.27. The number of anilines is 2. The average Bonchev–Trinajstić information content (AvgIpc) is 2.39. The van der Waals surface area contributed by atoms with Crippen molar-refractivity contribution in [3.8, 4) is 5.75 Å². The van der Waals surface area contributed by atoms with Crippen LogP contribution in [0.1, 0.15) is 13.8 Å². The molecule has 0 spiro atoms. The minimum atomic E-state index is -0.459. The van der Waals surface area contributed by atoms with E-state index in [0.717, 1.165) is 0 Å². The van der Waals surface area contributed by atoms with Crippen molar-refractivity contribution < 1.29 is 14.6 Å². The Morgan fingerprint density at radius 3 is 2.90 bits per heavy atom. The molecule has 0 bridgehead atoms. The van der Waals surface area contributed by atoms with Gasteiger partial charge in [-0.25, -0.2) is 4.79 Å². The molecule has 2 rings (SSSR count). The summed E-state index contributed by atoms with van der Waals surface area (Å²) in [7, 11) is 0. The number of hydrogen-bond donors (Lipinski definition) is 2. The van der Waals surface area contributed by atoms with Crippen molar-refractivity contribution in [2.45, 2.75) is 26.0 Å². The fourth-order valence-corrected chi connectivity index (χ4v) is 3.15. The van der Waals surface area contributed by atoms with Gasteiger partial charge in [-0.15, -0.1) is 0 Å². The fourth-order valence-electron chi connectivity index (χ4n) is 2.12. The van der Waals surface area contributed by atoms with Gasteiger partial charge >= 0.3 is 6.09 Å². The number of carbonyl (C=O) groups excluding carboxylic acids is 1. The molecule has 0 unspecified atom stereocenters. The van der Waals surface area contributed by atoms with Crippen molar-refractivity contribution in [1.29, 1.82) is 0 Å². The molecule has 0 aliphatic carbocycles. The number of nitrogens with zero attached hydrogens (tertiary/aromatic N) is 1. The number of phenols is 1. The number of benzene rings is 1. The molecule has 114 valence electrons. The van der Waals surface area contributed by atoms with Gasteiger partial charge < -0.3 is 15.2 Å². The van der Waals surface area contributed by atoms with Gasteiger partial charge in [0.15, 0.2) is 0 Å². The van der Waals surface area contributed by atoms with Crippen molar-refractivity contribution in [3.63, 3.8) is 0 Å². The van der Waals surface area contributed by atoms with Crippen molar-refractivity contribution in [2.24, 2.45) is 0 Å². The van der Waals surface area contributed by atoms with E-state index in [4.69, 9.17) is 17.0 Å². The highest BCUT2D eigenvalue weighted by molar-refractivity contribution is 7.98. The molecular weight excluding hydrogens is 308 g/mol. The van der Waals surface area contributed by atoms with Gasteiger partial charge in [-0.05, 0) is 32.2 Å². The second kappa shape index (κ2) is 6.53. The molecule has 2 N–H and O–H groups in total. The molecule has 1 atom stereocenters. The summed E-state index contributed by atoms with van der Waals surface area (Å²) in [5.41, 5.74) is 1.27. The molecule has 21 heavy (non-hydrogen) atoms. The highest BCUT2D eigenvalue weighted by Gasteiger charge is 2.35. The molecule has 0 saturated carbocycles. The van der Waals surface area contributed by atoms with E-state index < -0.39 is 6.09 Å². The predicted octanol–water partition coefficient (Wildman–Crippen LogP) is 3.23. The van der Waals surface area contributed by atoms with Gasteiger partial charge in [-0.1, -0.05) is 12.2 Å². The first kappa shape index (κ1) is 15.9. The summed E-state index contributed by atoms with van der Waals surface area (Å²) in [6, 6.07) is 4.49. The number of fused-ring (bicyclic) bond motifs is 1. The summed E-state index contributed by atoms with van der Waals surface area (Å²) in [4.78, 5) is 14.5. The summed E-state index contributed by atoms with van der Waals surface area (Å²) < 4.78 is 5.32. The molecule has 0 radical (unpaired) electrons. The zero-order valence-electron chi connectivity index (χ0n) is 12.1. The Balaban J connectivity index is 2.45. The minimum absolute atomic E-state index is 0.0913. The molecular formula is C14H18N2O3S2. The van der Waals surface area contributed by atoms with Gasteiger partial charge in [0, 0.05) is 11.8 Å². The lowest BCUT2D eigenvalue weighted by molar-refractivity contribution is 0.122. The largest absolute Gasteiger partial charge is 0.508 e. The van der Waals surface area contributed by atoms with Crippen LogP contribution in [0.25, 0.3) is 0 Å². The summed E-state index contributed by atoms with van der Waals surface area (Å²) in [5.74, 6) is 0.738. The third kappa shape index (κ3) is 3.41. The number of hydrogen-bond acceptors (Lipinski definition) is 5. The van der Waals surface area contributed by atoms with Crippen LogP contribution in [0.15, 0.2) is 18.2 Å². The average molecular weight is 326 g/mol. The number of phenolic OH excluding ortho intramolecular Hbond substituents is 1. The minimum Gasteiger partial charge on any atom is -0.508 e. The lowest BCUT2D eigenvalue weighted by Gasteiger charge is -2.37. The zero-order valence-corrected chi connectivity index (χ0v) is 13.8. The zero-order chi connectivity index (χ0) is 15.6. The monoisotopic (exact) mass is 326 g/mol. The van der Waals surface area contributed by atoms with Gasteiger partial charge in [0.25, 0.3) is 0 Å². The number of carbonyl (C=O) groups is 1. The maximum atomic E-state index is 12.4. The summed E-state index contributed by atoms with van der Waals surface area (Å²) in [5, 5.41) is 12.8. The lowest BCUT2D eigenvalue weighted by atomic mass is 10.1. The Morgan fingerprint density at radius 1 is 1.57 bits per heavy atom. The van der Waals surface area contributed by atoms with Crippen LogP contribution in [0, 0.1) is 0 Å². The Kier molecular flexibility index (Phi) is 4.95. The van der Waals surface area contributed by atoms with E-state index in [1.807, 2.05) is 6.26 Å². The first-order chi connectivity index (χ1) is 9.93. The number of thioether (sulfide) groups is 1. The molecule has 1 amide bonds. The normalized spacial score (nSPS) is 17.4. The van der Waals surface area contributed by atoms with E-state index in [1.54, 1.807) is 43.8 Å². The maximum Gasteiger partial charge on any atom is 0.415 e. The molecule has 7 heteroatoms. The van der Waals surface area contributed by atoms with Crippen molar-refractivity contribution in [3.05, 3.63) is 18.2 Å². The van der Waals surface area contributed by atoms with Gasteiger partial charge in [-0.2, -0.15) is 11.8 Å². The topological polar surface area (TPSA) is 61.8 Å². The first-order valence-electron chi connectivity index (χ1n) is 6.56. The smallest absolute Gasteiger partial charge is 0.415 e. The Labute approximate surface area is 133 Å². The summed E-state index contributed by atoms with van der Waals surface area (Å²) in [6.45, 7) is 3.59. The van der Waals surface area contributed by atoms with E-state index in [1.165, 1.54) is 4.90 Å². The number of nitrogens with one attached hydrogen (secondary N) is 1. The quantitative estimate of drug-likeness (QED) is 0.657. The van der Waals surface area contributed by atoms with Crippen LogP contribution in [-0.2, 0) is 4.74 Å². The van der Waals surface area contributed by atoms with Gasteiger partial charge in [-0.3, -0.25) is 4.90 Å². The third-order valence-electron chi connectivity index (χ3n) is 2.97. The Hall–Kier alpha value is -1.47. The van der Waals surface area contributed by atoms with E-state index in [2.05, 4.69) is 5.32 Å². The van der Waals surface area contributed by atoms with E-state index >= 15 is 0 Å². The number of ether oxygens (including phenoxy) is 1. The Bertz CT molecular complexity index is 563. The fraction of sp³-hybridized carbons (Fsp3) is 0.429. The molecule has 0 aromatic heterocycles. The Morgan fingerprint density at radius 2 is 2.29 bits per heavy atom. The van der Waals surface area contributed by atoms with Crippen molar-refractivity contribution in [2.75, 3.05) is 22.2 Å². The van der Waals surface area contributed by atoms with Crippen LogP contribution < -0.4 is 10.2 Å². The lowest BCUT2D eigenvalue weighted by Crippen LogP contribution is -2.52. The van der Waals surface area contributed by atoms with E-state index in [0.29, 0.717) is 22.1 Å². The molecule has 5 nitrogen and oxygen atoms in total. The molecule has 1 heterocycles. The van der Waals surface area contributed by atoms with Gasteiger partial charge in [0.1, 0.15) is 10.7 Å². The molecule has 1 aliphatic heterocycles. The molecule has 1 aromatic carbocycles. The van der Waals surface area contributed by atoms with Crippen molar-refractivity contribution in [1.82, 2.24) is 0 Å². The summed E-state index contributed by atoms with van der Waals surface area (Å²) >= 11 is 6.97. The number of rotatable bonds is 3. The van der Waals surface area contributed by atoms with Crippen LogP contribution in [0.2, 0.25) is 0 Å². The van der Waals surface area contributed by atoms with Gasteiger partial charge in [0.05, 0.1) is 23.5 Å². The maximum absolute atomic E-state index is 12.4. The molecule has 0 saturated heterocycles. The number of aromatic hydroxyl groups is 1. The second-order valence-electron chi connectivity index (χ2n) is 4.96. The molecule has 1 aromatic rings. The van der Waals surface area contributed by atoms with Crippen molar-refractivity contribution >= 4 is 46.4 Å². The SMILES string of the molecule is CSC[C@H]1C(=S)Nc2ccc(O)cc2N1C(=O)OC(C)C. The van der Waals surface area contributed by atoms with Crippen LogP contribution >= 0.6 is 24.0 Å². The second-order valence-corrected chi connectivity index (χ2v) is 6.31. The number of thiocarbonyl (C=S) groups is 1. The first-order valence-corrected chi connectivity index (χ1v) is 8.37. The number of amides is 1. The molecule has 0 fully saturated rings. The van der Waals surface area contributed by atoms with Gasteiger partial charge in [0.2, 0.25) is 0 Å². The highest BCUT2D eigenvalue weighted by atomic mass is 32.2. The van der Waals surface area contributed by atoms with E-state index in [-0.39, 0.29) is 17.9 Å².